The quantitative estimate of drug-likeness (QED) is 0.767. The Morgan fingerprint density at radius 2 is 1.52 bits per heavy atom. The first kappa shape index (κ1) is 14.3. The van der Waals surface area contributed by atoms with Crippen LogP contribution in [0.25, 0.3) is 0 Å². The Hall–Kier alpha value is -2.35. The van der Waals surface area contributed by atoms with Crippen LogP contribution in [0, 0.1) is 11.8 Å². The second-order valence-electron chi connectivity index (χ2n) is 6.50. The van der Waals surface area contributed by atoms with Gasteiger partial charge < -0.3 is 4.74 Å². The number of benzene rings is 2. The molecule has 0 N–H and O–H groups in total. The van der Waals surface area contributed by atoms with E-state index >= 15 is 0 Å². The molecule has 2 aromatic carbocycles. The Kier molecular flexibility index (Phi) is 3.74. The predicted octanol–water partition coefficient (Wildman–Crippen LogP) is 4.68. The predicted molar refractivity (Wildman–Crippen MR) is 89.7 cm³/mol. The zero-order valence-corrected chi connectivity index (χ0v) is 13.0. The summed E-state index contributed by atoms with van der Waals surface area (Å²) >= 11 is 0. The van der Waals surface area contributed by atoms with E-state index in [0.29, 0.717) is 11.8 Å². The van der Waals surface area contributed by atoms with Crippen LogP contribution in [0.15, 0.2) is 72.3 Å². The lowest BCUT2D eigenvalue weighted by Crippen LogP contribution is -2.17. The Morgan fingerprint density at radius 3 is 2.00 bits per heavy atom. The molecule has 0 amide bonds. The normalized spacial score (nSPS) is 22.2. The van der Waals surface area contributed by atoms with Crippen LogP contribution in [-0.4, -0.2) is 5.97 Å². The number of carbonyl (C=O) groups is 1. The summed E-state index contributed by atoms with van der Waals surface area (Å²) in [5, 5.41) is 0. The van der Waals surface area contributed by atoms with Gasteiger partial charge >= 0.3 is 5.97 Å². The third-order valence-corrected chi connectivity index (χ3v) is 4.99. The fraction of sp³-hybridized carbons (Fsp3) is 0.286. The molecular weight excluding hydrogens is 284 g/mol. The molecule has 2 atom stereocenters. The molecule has 0 saturated heterocycles. The summed E-state index contributed by atoms with van der Waals surface area (Å²) in [5.74, 6) is 0.865. The SMILES string of the molecule is O=C(OC(c1ccccc1)c1ccccc1)C1=CC2CCC1C2. The average Bonchev–Trinajstić information content (AvgIpc) is 3.24. The van der Waals surface area contributed by atoms with Gasteiger partial charge in [0, 0.05) is 5.57 Å². The summed E-state index contributed by atoms with van der Waals surface area (Å²) in [4.78, 5) is 12.7. The number of ether oxygens (including phenoxy) is 1. The van der Waals surface area contributed by atoms with Crippen LogP contribution in [0.4, 0.5) is 0 Å². The van der Waals surface area contributed by atoms with E-state index in [9.17, 15) is 4.79 Å². The molecule has 1 saturated carbocycles. The smallest absolute Gasteiger partial charge is 0.334 e. The van der Waals surface area contributed by atoms with E-state index in [1.165, 1.54) is 6.42 Å². The molecule has 1 fully saturated rings. The molecule has 2 heteroatoms. The summed E-state index contributed by atoms with van der Waals surface area (Å²) in [6, 6.07) is 19.9. The highest BCUT2D eigenvalue weighted by atomic mass is 16.5. The standard InChI is InChI=1S/C21H20O2/c22-21(19-14-15-11-12-18(19)13-15)23-20(16-7-3-1-4-8-16)17-9-5-2-6-10-17/h1-10,14-15,18,20H,11-13H2. The fourth-order valence-corrected chi connectivity index (χ4v) is 3.83. The Labute approximate surface area is 136 Å². The van der Waals surface area contributed by atoms with E-state index in [0.717, 1.165) is 29.5 Å². The highest BCUT2D eigenvalue weighted by molar-refractivity contribution is 5.90. The van der Waals surface area contributed by atoms with Gasteiger partial charge in [-0.2, -0.15) is 0 Å². The van der Waals surface area contributed by atoms with Crippen molar-refractivity contribution in [1.29, 1.82) is 0 Å². The van der Waals surface area contributed by atoms with Crippen molar-refractivity contribution in [2.24, 2.45) is 11.8 Å². The molecule has 0 spiro atoms. The van der Waals surface area contributed by atoms with Gasteiger partial charge in [0.05, 0.1) is 0 Å². The number of hydrogen-bond donors (Lipinski definition) is 0. The largest absolute Gasteiger partial charge is 0.449 e. The maximum absolute atomic E-state index is 12.7. The van der Waals surface area contributed by atoms with E-state index in [1.807, 2.05) is 60.7 Å². The molecule has 2 bridgehead atoms. The average molecular weight is 304 g/mol. The van der Waals surface area contributed by atoms with Crippen LogP contribution in [0.2, 0.25) is 0 Å². The summed E-state index contributed by atoms with van der Waals surface area (Å²) < 4.78 is 5.95. The van der Waals surface area contributed by atoms with Gasteiger partial charge in [0.1, 0.15) is 0 Å². The van der Waals surface area contributed by atoms with E-state index in [1.54, 1.807) is 0 Å². The van der Waals surface area contributed by atoms with E-state index in [2.05, 4.69) is 6.08 Å². The van der Waals surface area contributed by atoms with Gasteiger partial charge in [-0.1, -0.05) is 66.7 Å². The number of rotatable bonds is 4. The van der Waals surface area contributed by atoms with Gasteiger partial charge in [-0.15, -0.1) is 0 Å². The van der Waals surface area contributed by atoms with Crippen molar-refractivity contribution < 1.29 is 9.53 Å². The van der Waals surface area contributed by atoms with Crippen molar-refractivity contribution in [3.63, 3.8) is 0 Å². The minimum Gasteiger partial charge on any atom is -0.449 e. The first-order chi connectivity index (χ1) is 11.3. The van der Waals surface area contributed by atoms with Gasteiger partial charge in [0.2, 0.25) is 0 Å². The highest BCUT2D eigenvalue weighted by Crippen LogP contribution is 2.44. The summed E-state index contributed by atoms with van der Waals surface area (Å²) in [6.45, 7) is 0. The summed E-state index contributed by atoms with van der Waals surface area (Å²) in [6.07, 6.45) is 5.29. The number of carbonyl (C=O) groups excluding carboxylic acids is 1. The maximum atomic E-state index is 12.7. The summed E-state index contributed by atoms with van der Waals surface area (Å²) in [7, 11) is 0. The van der Waals surface area contributed by atoms with Gasteiger partial charge in [0.15, 0.2) is 6.10 Å². The number of hydrogen-bond acceptors (Lipinski definition) is 2. The lowest BCUT2D eigenvalue weighted by atomic mass is 9.98. The van der Waals surface area contributed by atoms with Gasteiger partial charge in [-0.25, -0.2) is 4.79 Å². The van der Waals surface area contributed by atoms with E-state index < -0.39 is 0 Å². The third kappa shape index (κ3) is 2.81. The highest BCUT2D eigenvalue weighted by Gasteiger charge is 2.37. The molecule has 4 rings (SSSR count). The Morgan fingerprint density at radius 1 is 0.913 bits per heavy atom. The molecule has 2 aromatic rings. The molecule has 116 valence electrons. The first-order valence-corrected chi connectivity index (χ1v) is 8.34. The lowest BCUT2D eigenvalue weighted by molar-refractivity contribution is -0.143. The Bertz CT molecular complexity index is 679. The minimum atomic E-state index is -0.343. The van der Waals surface area contributed by atoms with Crippen LogP contribution in [0.3, 0.4) is 0 Å². The van der Waals surface area contributed by atoms with Crippen molar-refractivity contribution in [3.05, 3.63) is 83.4 Å². The number of allylic oxidation sites excluding steroid dienone is 1. The fourth-order valence-electron chi connectivity index (χ4n) is 3.83. The van der Waals surface area contributed by atoms with Crippen LogP contribution in [0.5, 0.6) is 0 Å². The topological polar surface area (TPSA) is 26.3 Å². The second-order valence-corrected chi connectivity index (χ2v) is 6.50. The van der Waals surface area contributed by atoms with Crippen molar-refractivity contribution in [2.75, 3.05) is 0 Å². The Balaban J connectivity index is 1.61. The second kappa shape index (κ2) is 6.04. The van der Waals surface area contributed by atoms with Crippen LogP contribution in [0.1, 0.15) is 36.5 Å². The van der Waals surface area contributed by atoms with E-state index in [4.69, 9.17) is 4.74 Å². The molecule has 0 aliphatic heterocycles. The molecule has 0 aromatic heterocycles. The van der Waals surface area contributed by atoms with E-state index in [-0.39, 0.29) is 12.1 Å². The lowest BCUT2D eigenvalue weighted by Gasteiger charge is -2.21. The zero-order valence-electron chi connectivity index (χ0n) is 13.0. The minimum absolute atomic E-state index is 0.144. The molecular formula is C21H20O2. The summed E-state index contributed by atoms with van der Waals surface area (Å²) in [5.41, 5.74) is 2.92. The maximum Gasteiger partial charge on any atom is 0.334 e. The van der Waals surface area contributed by atoms with Crippen molar-refractivity contribution in [3.8, 4) is 0 Å². The van der Waals surface area contributed by atoms with Crippen molar-refractivity contribution >= 4 is 5.97 Å². The van der Waals surface area contributed by atoms with Crippen LogP contribution < -0.4 is 0 Å². The molecule has 2 unspecified atom stereocenters. The number of esters is 1. The first-order valence-electron chi connectivity index (χ1n) is 8.34. The molecule has 0 heterocycles. The molecule has 2 nitrogen and oxygen atoms in total. The van der Waals surface area contributed by atoms with Crippen LogP contribution >= 0.6 is 0 Å². The monoisotopic (exact) mass is 304 g/mol. The van der Waals surface area contributed by atoms with Gasteiger partial charge in [-0.3, -0.25) is 0 Å². The molecule has 23 heavy (non-hydrogen) atoms. The van der Waals surface area contributed by atoms with Gasteiger partial charge in [-0.05, 0) is 42.2 Å². The molecule has 0 radical (unpaired) electrons. The van der Waals surface area contributed by atoms with Crippen molar-refractivity contribution in [2.45, 2.75) is 25.4 Å². The molecule has 2 aliphatic rings. The van der Waals surface area contributed by atoms with Crippen molar-refractivity contribution in [1.82, 2.24) is 0 Å². The third-order valence-electron chi connectivity index (χ3n) is 4.99. The zero-order chi connectivity index (χ0) is 15.6. The van der Waals surface area contributed by atoms with Crippen LogP contribution in [-0.2, 0) is 9.53 Å². The van der Waals surface area contributed by atoms with Gasteiger partial charge in [0.25, 0.3) is 0 Å². The molecule has 2 aliphatic carbocycles. The number of fused-ring (bicyclic) bond motifs is 2.